The van der Waals surface area contributed by atoms with Crippen molar-refractivity contribution in [2.24, 2.45) is 5.92 Å². The largest absolute Gasteiger partial charge is 0.491 e. The highest BCUT2D eigenvalue weighted by atomic mass is 35.5. The zero-order valence-corrected chi connectivity index (χ0v) is 17.0. The summed E-state index contributed by atoms with van der Waals surface area (Å²) in [6, 6.07) is 4.89. The van der Waals surface area contributed by atoms with Crippen molar-refractivity contribution in [3.63, 3.8) is 0 Å². The summed E-state index contributed by atoms with van der Waals surface area (Å²) >= 11 is 6.48. The van der Waals surface area contributed by atoms with E-state index in [0.717, 1.165) is 25.1 Å². The van der Waals surface area contributed by atoms with Gasteiger partial charge in [0, 0.05) is 30.4 Å². The van der Waals surface area contributed by atoms with E-state index in [0.29, 0.717) is 28.6 Å². The maximum atomic E-state index is 12.4. The maximum absolute atomic E-state index is 12.4. The van der Waals surface area contributed by atoms with Crippen LogP contribution >= 0.6 is 11.6 Å². The predicted molar refractivity (Wildman–Crippen MR) is 111 cm³/mol. The number of hydrogen-bond acceptors (Lipinski definition) is 4. The lowest BCUT2D eigenvalue weighted by atomic mass is 10.0. The van der Waals surface area contributed by atoms with E-state index in [-0.39, 0.29) is 17.5 Å². The molecule has 0 unspecified atom stereocenters. The van der Waals surface area contributed by atoms with Gasteiger partial charge in [-0.25, -0.2) is 4.79 Å². The zero-order chi connectivity index (χ0) is 20.4. The zero-order valence-electron chi connectivity index (χ0n) is 16.3. The number of nitrogens with one attached hydrogen (secondary N) is 1. The van der Waals surface area contributed by atoms with E-state index in [4.69, 9.17) is 16.3 Å². The van der Waals surface area contributed by atoms with Crippen LogP contribution in [0.15, 0.2) is 29.2 Å². The third kappa shape index (κ3) is 3.87. The molecule has 1 aliphatic rings. The van der Waals surface area contributed by atoms with E-state index in [2.05, 4.69) is 12.2 Å². The molecule has 2 heterocycles. The molecule has 3 rings (SSSR count). The minimum absolute atomic E-state index is 0.114. The topological polar surface area (TPSA) is 80.6 Å². The van der Waals surface area contributed by atoms with E-state index in [1.807, 2.05) is 24.5 Å². The molecule has 6 nitrogen and oxygen atoms in total. The van der Waals surface area contributed by atoms with Gasteiger partial charge in [-0.3, -0.25) is 4.79 Å². The number of carboxylic acids is 1. The second kappa shape index (κ2) is 8.27. The lowest BCUT2D eigenvalue weighted by Crippen LogP contribution is -2.25. The first-order chi connectivity index (χ1) is 13.3. The van der Waals surface area contributed by atoms with Crippen molar-refractivity contribution in [3.05, 3.63) is 45.2 Å². The van der Waals surface area contributed by atoms with Crippen molar-refractivity contribution in [2.75, 3.05) is 18.5 Å². The highest BCUT2D eigenvalue weighted by Crippen LogP contribution is 2.41. The molecule has 0 spiro atoms. The van der Waals surface area contributed by atoms with Gasteiger partial charge in [-0.05, 0) is 18.4 Å². The summed E-state index contributed by atoms with van der Waals surface area (Å²) < 4.78 is 7.91. The Kier molecular flexibility index (Phi) is 5.98. The number of aromatic nitrogens is 1. The number of aromatic carboxylic acids is 1. The lowest BCUT2D eigenvalue weighted by Gasteiger charge is -2.24. The second-order valence-electron chi connectivity index (χ2n) is 7.38. The van der Waals surface area contributed by atoms with Crippen molar-refractivity contribution in [1.29, 1.82) is 0 Å². The standard InChI is InChI=1S/C21H25ClN2O4/c1-4-5-6-23-16-8-20-13(7-15(16)22)17-9-19(25)14(21(26)27)10-24(17)18(11-28-20)12(2)3/h7-10,12,18,23H,4-6,11H2,1-3H3,(H,26,27)/t18-/m0/s1. The SMILES string of the molecule is CCCCNc1cc2c(cc1Cl)-c1cc(=O)c(C(=O)O)cn1[C@H](C(C)C)CO2. The molecule has 2 N–H and O–H groups in total. The molecule has 150 valence electrons. The van der Waals surface area contributed by atoms with Crippen molar-refractivity contribution in [3.8, 4) is 17.0 Å². The first-order valence-electron chi connectivity index (χ1n) is 9.53. The smallest absolute Gasteiger partial charge is 0.341 e. The quantitative estimate of drug-likeness (QED) is 0.684. The summed E-state index contributed by atoms with van der Waals surface area (Å²) in [5.74, 6) is -0.431. The van der Waals surface area contributed by atoms with E-state index in [1.165, 1.54) is 12.3 Å². The molecule has 1 atom stereocenters. The van der Waals surface area contributed by atoms with Gasteiger partial charge in [0.05, 0.1) is 22.4 Å². The molecule has 7 heteroatoms. The Morgan fingerprint density at radius 3 is 2.79 bits per heavy atom. The van der Waals surface area contributed by atoms with Gasteiger partial charge < -0.3 is 19.7 Å². The Morgan fingerprint density at radius 1 is 1.39 bits per heavy atom. The summed E-state index contributed by atoms with van der Waals surface area (Å²) in [4.78, 5) is 23.8. The summed E-state index contributed by atoms with van der Waals surface area (Å²) in [5, 5.41) is 13.2. The molecule has 0 amide bonds. The molecule has 1 aromatic carbocycles. The van der Waals surface area contributed by atoms with Crippen LogP contribution in [0.5, 0.6) is 5.75 Å². The summed E-state index contributed by atoms with van der Waals surface area (Å²) in [6.45, 7) is 7.38. The van der Waals surface area contributed by atoms with E-state index in [1.54, 1.807) is 6.07 Å². The average Bonchev–Trinajstić information content (AvgIpc) is 2.78. The highest BCUT2D eigenvalue weighted by Gasteiger charge is 2.27. The van der Waals surface area contributed by atoms with Crippen molar-refractivity contribution in [2.45, 2.75) is 39.7 Å². The number of fused-ring (bicyclic) bond motifs is 3. The lowest BCUT2D eigenvalue weighted by molar-refractivity contribution is 0.0694. The van der Waals surface area contributed by atoms with Gasteiger partial charge in [0.15, 0.2) is 5.43 Å². The first-order valence-corrected chi connectivity index (χ1v) is 9.91. The summed E-state index contributed by atoms with van der Waals surface area (Å²) in [7, 11) is 0. The van der Waals surface area contributed by atoms with Crippen molar-refractivity contribution < 1.29 is 14.6 Å². The number of pyridine rings is 1. The Hall–Kier alpha value is -2.47. The monoisotopic (exact) mass is 404 g/mol. The number of carboxylic acid groups (broad SMARTS) is 1. The molecule has 28 heavy (non-hydrogen) atoms. The van der Waals surface area contributed by atoms with Gasteiger partial charge in [0.1, 0.15) is 17.9 Å². The molecule has 0 saturated carbocycles. The molecule has 1 aliphatic heterocycles. The van der Waals surface area contributed by atoms with Crippen LogP contribution in [0, 0.1) is 5.92 Å². The number of halogens is 1. The number of ether oxygens (including phenoxy) is 1. The van der Waals surface area contributed by atoms with E-state index < -0.39 is 11.4 Å². The molecule has 0 radical (unpaired) electrons. The Balaban J connectivity index is 2.16. The number of carbonyl (C=O) groups is 1. The third-order valence-electron chi connectivity index (χ3n) is 5.04. The second-order valence-corrected chi connectivity index (χ2v) is 7.79. The fourth-order valence-corrected chi connectivity index (χ4v) is 3.61. The van der Waals surface area contributed by atoms with Crippen molar-refractivity contribution in [1.82, 2.24) is 4.57 Å². The Morgan fingerprint density at radius 2 is 2.14 bits per heavy atom. The van der Waals surface area contributed by atoms with Gasteiger partial charge in [0.2, 0.25) is 0 Å². The molecule has 1 aromatic heterocycles. The van der Waals surface area contributed by atoms with Crippen LogP contribution in [0.4, 0.5) is 5.69 Å². The third-order valence-corrected chi connectivity index (χ3v) is 5.35. The molecule has 0 fully saturated rings. The number of nitrogens with zero attached hydrogens (tertiary/aromatic N) is 1. The number of unbranched alkanes of at least 4 members (excludes halogenated alkanes) is 1. The number of anilines is 1. The molecule has 0 saturated heterocycles. The van der Waals surface area contributed by atoms with E-state index >= 15 is 0 Å². The van der Waals surface area contributed by atoms with E-state index in [9.17, 15) is 14.7 Å². The summed E-state index contributed by atoms with van der Waals surface area (Å²) in [6.07, 6.45) is 3.52. The van der Waals surface area contributed by atoms with Crippen LogP contribution < -0.4 is 15.5 Å². The molecule has 2 aromatic rings. The predicted octanol–water partition coefficient (Wildman–Crippen LogP) is 4.67. The van der Waals surface area contributed by atoms with Gasteiger partial charge in [-0.1, -0.05) is 38.8 Å². The van der Waals surface area contributed by atoms with Crippen LogP contribution in [-0.2, 0) is 0 Å². The fraction of sp³-hybridized carbons (Fsp3) is 0.429. The maximum Gasteiger partial charge on any atom is 0.341 e. The van der Waals surface area contributed by atoms with Gasteiger partial charge in [-0.15, -0.1) is 0 Å². The molecular weight excluding hydrogens is 380 g/mol. The molecular formula is C21H25ClN2O4. The van der Waals surface area contributed by atoms with Crippen LogP contribution in [0.1, 0.15) is 50.0 Å². The number of hydrogen-bond donors (Lipinski definition) is 2. The minimum Gasteiger partial charge on any atom is -0.491 e. The Labute approximate surface area is 169 Å². The van der Waals surface area contributed by atoms with Crippen LogP contribution in [-0.4, -0.2) is 28.8 Å². The van der Waals surface area contributed by atoms with Crippen LogP contribution in [0.25, 0.3) is 11.3 Å². The first kappa shape index (κ1) is 20.3. The molecule has 0 bridgehead atoms. The highest BCUT2D eigenvalue weighted by molar-refractivity contribution is 6.33. The number of benzene rings is 1. The van der Waals surface area contributed by atoms with Gasteiger partial charge >= 0.3 is 5.97 Å². The molecule has 0 aliphatic carbocycles. The average molecular weight is 405 g/mol. The fourth-order valence-electron chi connectivity index (χ4n) is 3.38. The van der Waals surface area contributed by atoms with Crippen molar-refractivity contribution >= 4 is 23.3 Å². The normalized spacial score (nSPS) is 15.4. The minimum atomic E-state index is -1.23. The summed E-state index contributed by atoms with van der Waals surface area (Å²) in [5.41, 5.74) is 1.30. The van der Waals surface area contributed by atoms with Gasteiger partial charge in [0.25, 0.3) is 0 Å². The Bertz CT molecular complexity index is 952. The van der Waals surface area contributed by atoms with Gasteiger partial charge in [-0.2, -0.15) is 0 Å². The number of rotatable bonds is 6. The van der Waals surface area contributed by atoms with Crippen LogP contribution in [0.2, 0.25) is 5.02 Å². The van der Waals surface area contributed by atoms with Crippen LogP contribution in [0.3, 0.4) is 0 Å².